The van der Waals surface area contributed by atoms with Crippen molar-refractivity contribution >= 4 is 53.4 Å². The third-order valence-electron chi connectivity index (χ3n) is 5.96. The summed E-state index contributed by atoms with van der Waals surface area (Å²) in [4.78, 5) is 36.8. The van der Waals surface area contributed by atoms with Crippen LogP contribution in [0.25, 0.3) is 0 Å². The summed E-state index contributed by atoms with van der Waals surface area (Å²) in [5.74, 6) is 0.103. The van der Waals surface area contributed by atoms with Crippen molar-refractivity contribution in [3.63, 3.8) is 0 Å². The largest absolute Gasteiger partial charge is 2.00 e. The number of likely N-dealkylation sites (tertiary alicyclic amines) is 2. The predicted octanol–water partition coefficient (Wildman–Crippen LogP) is 1.23. The topological polar surface area (TPSA) is 138 Å². The molecule has 0 aromatic rings. The van der Waals surface area contributed by atoms with E-state index < -0.39 is 28.5 Å². The number of nitrogens with zero attached hydrogens (tertiary/aromatic N) is 2. The number of ketones is 1. The van der Waals surface area contributed by atoms with Gasteiger partial charge in [0.2, 0.25) is 0 Å². The van der Waals surface area contributed by atoms with Crippen LogP contribution < -0.4 is 29.3 Å². The molecule has 44 heavy (non-hydrogen) atoms. The van der Waals surface area contributed by atoms with Gasteiger partial charge in [0.1, 0.15) is 11.2 Å². The first-order valence-corrected chi connectivity index (χ1v) is 14.0. The Labute approximate surface area is 306 Å². The van der Waals surface area contributed by atoms with E-state index in [1.54, 1.807) is 11.8 Å². The molecule has 4 rings (SSSR count). The van der Waals surface area contributed by atoms with Crippen LogP contribution in [-0.4, -0.2) is 136 Å². The quantitative estimate of drug-likeness (QED) is 0.189. The van der Waals surface area contributed by atoms with Gasteiger partial charge in [-0.3, -0.25) is 4.79 Å². The van der Waals surface area contributed by atoms with Crippen molar-refractivity contribution in [1.29, 1.82) is 0 Å². The van der Waals surface area contributed by atoms with Crippen molar-refractivity contribution < 1.29 is 62.8 Å². The van der Waals surface area contributed by atoms with Crippen molar-refractivity contribution in [2.45, 2.75) is 117 Å². The Hall–Kier alpha value is -0.164. The van der Waals surface area contributed by atoms with E-state index in [0.29, 0.717) is 32.5 Å². The molecule has 0 aliphatic carbocycles. The van der Waals surface area contributed by atoms with Crippen molar-refractivity contribution in [3.8, 4) is 0 Å². The molecule has 0 radical (unpaired) electrons. The number of hydrogen-bond acceptors (Lipinski definition) is 9. The van der Waals surface area contributed by atoms with Crippen molar-refractivity contribution in [2.24, 2.45) is 0 Å². The normalized spacial score (nSPS) is 23.5. The zero-order valence-corrected chi connectivity index (χ0v) is 32.3. The van der Waals surface area contributed by atoms with Crippen LogP contribution in [0.5, 0.6) is 0 Å². The van der Waals surface area contributed by atoms with Crippen LogP contribution in [0, 0.1) is 7.43 Å². The minimum Gasteiger partial charge on any atom is -1.00 e. The van der Waals surface area contributed by atoms with Crippen molar-refractivity contribution in [1.82, 2.24) is 15.1 Å². The van der Waals surface area contributed by atoms with E-state index in [1.165, 1.54) is 17.7 Å². The van der Waals surface area contributed by atoms with Gasteiger partial charge in [-0.25, -0.2) is 9.59 Å². The molecular weight excluding hydrogens is 717 g/mol. The molecule has 2 unspecified atom stereocenters. The fourth-order valence-corrected chi connectivity index (χ4v) is 3.85. The van der Waals surface area contributed by atoms with E-state index in [9.17, 15) is 19.5 Å². The van der Waals surface area contributed by atoms with Gasteiger partial charge >= 0.3 is 35.2 Å². The second-order valence-electron chi connectivity index (χ2n) is 13.1. The van der Waals surface area contributed by atoms with Gasteiger partial charge < -0.3 is 70.9 Å². The predicted molar refractivity (Wildman–Crippen MR) is 175 cm³/mol. The summed E-state index contributed by atoms with van der Waals surface area (Å²) in [7, 11) is 0. The smallest absolute Gasteiger partial charge is 1.00 e. The van der Waals surface area contributed by atoms with Crippen LogP contribution in [0.3, 0.4) is 0 Å². The number of Topliss-reactive ketones (excluding diaryl/α,β-unsaturated/α-hetero) is 1. The molecule has 4 fully saturated rings. The fraction of sp³-hybridized carbons (Fsp3) is 0.867. The molecule has 2 atom stereocenters. The van der Waals surface area contributed by atoms with E-state index in [2.05, 4.69) is 5.32 Å². The SMILES string of the molecule is C.C1CCOC1.CC(C)(C)OC(=O)N1CCC(=O)C1.CC1(O)CCN(C(=O)OC(C)(C)C)C1.CC1(O)CCNC1.Cl.[CH3-].[I-].[Mg+2]. The molecule has 4 heterocycles. The zero-order chi connectivity index (χ0) is 29.9. The van der Waals surface area contributed by atoms with E-state index in [0.717, 1.165) is 32.7 Å². The number of nitrogens with one attached hydrogen (secondary N) is 1. The number of β-amino-alcohol motifs (C(OH)–C–C–N with tert-alkyl or cyclic N) is 2. The van der Waals surface area contributed by atoms with Crippen molar-refractivity contribution in [2.75, 3.05) is 52.5 Å². The first kappa shape index (κ1) is 53.3. The number of rotatable bonds is 0. The third-order valence-corrected chi connectivity index (χ3v) is 5.96. The van der Waals surface area contributed by atoms with Crippen LogP contribution in [0.2, 0.25) is 0 Å². The summed E-state index contributed by atoms with van der Waals surface area (Å²) in [6.45, 7) is 19.9. The first-order valence-electron chi connectivity index (χ1n) is 14.0. The minimum atomic E-state index is -0.753. The monoisotopic (exact) mass is 777 g/mol. The molecule has 2 amide bonds. The molecule has 4 aliphatic rings. The third kappa shape index (κ3) is 26.0. The van der Waals surface area contributed by atoms with Gasteiger partial charge in [-0.05, 0) is 87.6 Å². The summed E-state index contributed by atoms with van der Waals surface area (Å²) in [5.41, 5.74) is -2.12. The van der Waals surface area contributed by atoms with Gasteiger partial charge in [-0.15, -0.1) is 12.4 Å². The maximum Gasteiger partial charge on any atom is 2.00 e. The Balaban J connectivity index is -0.000000156. The summed E-state index contributed by atoms with van der Waals surface area (Å²) in [5, 5.41) is 21.9. The molecule has 4 saturated heterocycles. The van der Waals surface area contributed by atoms with Crippen LogP contribution in [-0.2, 0) is 19.0 Å². The maximum atomic E-state index is 11.5. The van der Waals surface area contributed by atoms with Crippen LogP contribution in [0.4, 0.5) is 9.59 Å². The number of halogens is 2. The second kappa shape index (κ2) is 24.0. The number of carbonyl (C=O) groups is 3. The molecular formula is C30H61ClIMgN3O8. The molecule has 0 saturated carbocycles. The Morgan fingerprint density at radius 1 is 0.886 bits per heavy atom. The van der Waals surface area contributed by atoms with Gasteiger partial charge in [-0.1, -0.05) is 7.43 Å². The molecule has 0 aromatic heterocycles. The number of amides is 2. The molecule has 11 nitrogen and oxygen atoms in total. The average molecular weight is 778 g/mol. The minimum absolute atomic E-state index is 0. The Morgan fingerprint density at radius 2 is 1.36 bits per heavy atom. The Kier molecular flexibility index (Phi) is 29.1. The summed E-state index contributed by atoms with van der Waals surface area (Å²) < 4.78 is 15.2. The average Bonchev–Trinajstić information content (AvgIpc) is 3.56. The van der Waals surface area contributed by atoms with E-state index in [1.807, 2.05) is 48.5 Å². The Bertz CT molecular complexity index is 789. The zero-order valence-electron chi connectivity index (χ0n) is 27.9. The summed E-state index contributed by atoms with van der Waals surface area (Å²) in [6, 6.07) is 0. The standard InChI is InChI=1S/C10H19NO3.C9H15NO3.C5H11NO.C4H8O.CH4.CH3.ClH.HI.Mg/c1-9(2,3)14-8(12)11-6-5-10(4,13)7-11;1-9(2,3)13-8(12)10-5-4-7(11)6-10;1-5(7)2-3-6-4-5;1-2-4-5-3-1;;;;;/h13H,5-7H2,1-4H3;4-6H2,1-3H3;6-7H,2-4H2,1H3;1-4H2;1H4;1H3;2*1H;/q;;;;;-1;;;+2/p-1. The molecule has 14 heteroatoms. The Morgan fingerprint density at radius 3 is 1.61 bits per heavy atom. The van der Waals surface area contributed by atoms with Gasteiger partial charge in [0, 0.05) is 39.3 Å². The molecule has 0 bridgehead atoms. The van der Waals surface area contributed by atoms with Gasteiger partial charge in [0.05, 0.1) is 24.3 Å². The second-order valence-corrected chi connectivity index (χ2v) is 13.1. The van der Waals surface area contributed by atoms with E-state index in [4.69, 9.17) is 19.3 Å². The van der Waals surface area contributed by atoms with E-state index in [-0.39, 0.29) is 92.7 Å². The van der Waals surface area contributed by atoms with Crippen molar-refractivity contribution in [3.05, 3.63) is 7.43 Å². The number of hydrogen-bond donors (Lipinski definition) is 3. The molecule has 260 valence electrons. The number of carbonyl (C=O) groups excluding carboxylic acids is 3. The molecule has 0 aromatic carbocycles. The maximum absolute atomic E-state index is 11.5. The molecule has 0 spiro atoms. The first-order chi connectivity index (χ1) is 17.8. The van der Waals surface area contributed by atoms with Crippen LogP contribution in [0.15, 0.2) is 0 Å². The van der Waals surface area contributed by atoms with Gasteiger partial charge in [0.25, 0.3) is 0 Å². The summed E-state index contributed by atoms with van der Waals surface area (Å²) >= 11 is 0. The van der Waals surface area contributed by atoms with Gasteiger partial charge in [0.15, 0.2) is 5.78 Å². The van der Waals surface area contributed by atoms with E-state index >= 15 is 0 Å². The molecule has 3 N–H and O–H groups in total. The van der Waals surface area contributed by atoms with Gasteiger partial charge in [-0.2, -0.15) is 0 Å². The fourth-order valence-electron chi connectivity index (χ4n) is 3.85. The number of ether oxygens (including phenoxy) is 3. The van der Waals surface area contributed by atoms with Crippen LogP contribution in [0.1, 0.15) is 94.9 Å². The summed E-state index contributed by atoms with van der Waals surface area (Å²) in [6.07, 6.45) is 3.80. The van der Waals surface area contributed by atoms with Crippen LogP contribution >= 0.6 is 12.4 Å². The number of aliphatic hydroxyl groups is 2. The molecule has 4 aliphatic heterocycles.